The third-order valence-corrected chi connectivity index (χ3v) is 7.07. The highest BCUT2D eigenvalue weighted by molar-refractivity contribution is 9.10. The second-order valence-corrected chi connectivity index (χ2v) is 9.87. The van der Waals surface area contributed by atoms with Gasteiger partial charge in [0.1, 0.15) is 28.0 Å². The molecule has 0 atom stereocenters. The molecular formula is C22H22BrN5O5S. The van der Waals surface area contributed by atoms with Crippen LogP contribution in [0.4, 0.5) is 5.82 Å². The van der Waals surface area contributed by atoms with Gasteiger partial charge in [0.2, 0.25) is 10.0 Å². The summed E-state index contributed by atoms with van der Waals surface area (Å²) >= 11 is 3.44. The number of phenolic OH excluding ortho intramolecular Hbond substituents is 2. The van der Waals surface area contributed by atoms with Gasteiger partial charge in [-0.15, -0.1) is 0 Å². The van der Waals surface area contributed by atoms with Crippen molar-refractivity contribution in [1.82, 2.24) is 19.3 Å². The lowest BCUT2D eigenvalue weighted by Crippen LogP contribution is -2.26. The molecular weight excluding hydrogens is 526 g/mol. The van der Waals surface area contributed by atoms with E-state index in [-0.39, 0.29) is 22.9 Å². The second-order valence-electron chi connectivity index (χ2n) is 7.28. The molecule has 12 heteroatoms. The maximum absolute atomic E-state index is 12.6. The van der Waals surface area contributed by atoms with Crippen LogP contribution in [0, 0.1) is 0 Å². The van der Waals surface area contributed by atoms with E-state index in [0.29, 0.717) is 45.9 Å². The summed E-state index contributed by atoms with van der Waals surface area (Å²) in [6.07, 6.45) is 2.07. The molecule has 0 fully saturated rings. The van der Waals surface area contributed by atoms with E-state index in [1.807, 2.05) is 6.07 Å². The van der Waals surface area contributed by atoms with E-state index in [2.05, 4.69) is 36.1 Å². The van der Waals surface area contributed by atoms with Crippen LogP contribution in [0.5, 0.6) is 17.2 Å². The van der Waals surface area contributed by atoms with E-state index in [9.17, 15) is 18.6 Å². The average Bonchev–Trinajstić information content (AvgIpc) is 3.20. The molecule has 2 aromatic heterocycles. The number of methoxy groups -OCH3 is 1. The van der Waals surface area contributed by atoms with Gasteiger partial charge in [0, 0.05) is 30.8 Å². The molecule has 0 aliphatic rings. The Morgan fingerprint density at radius 2 is 1.88 bits per heavy atom. The van der Waals surface area contributed by atoms with Gasteiger partial charge in [-0.25, -0.2) is 18.1 Å². The zero-order valence-electron chi connectivity index (χ0n) is 18.1. The first-order valence-electron chi connectivity index (χ1n) is 10.2. The molecule has 0 aliphatic carbocycles. The highest BCUT2D eigenvalue weighted by Gasteiger charge is 2.19. The van der Waals surface area contributed by atoms with Crippen molar-refractivity contribution in [2.24, 2.45) is 0 Å². The largest absolute Gasteiger partial charge is 0.507 e. The summed E-state index contributed by atoms with van der Waals surface area (Å²) in [4.78, 5) is 4.34. The highest BCUT2D eigenvalue weighted by atomic mass is 79.9. The third kappa shape index (κ3) is 4.93. The Kier molecular flexibility index (Phi) is 6.91. The van der Waals surface area contributed by atoms with Crippen LogP contribution < -0.4 is 14.8 Å². The zero-order chi connectivity index (χ0) is 24.3. The van der Waals surface area contributed by atoms with Crippen LogP contribution in [0.25, 0.3) is 16.9 Å². The minimum atomic E-state index is -3.92. The number of nitrogens with one attached hydrogen (secondary N) is 2. The Labute approximate surface area is 204 Å². The molecule has 2 heterocycles. The molecule has 0 aliphatic heterocycles. The Morgan fingerprint density at radius 1 is 1.09 bits per heavy atom. The molecule has 0 amide bonds. The van der Waals surface area contributed by atoms with E-state index in [0.717, 1.165) is 0 Å². The number of benzene rings is 2. The van der Waals surface area contributed by atoms with E-state index in [1.54, 1.807) is 35.0 Å². The normalized spacial score (nSPS) is 11.6. The van der Waals surface area contributed by atoms with Gasteiger partial charge in [-0.1, -0.05) is 12.1 Å². The van der Waals surface area contributed by atoms with E-state index in [1.165, 1.54) is 25.3 Å². The number of fused-ring (bicyclic) bond motifs is 1. The molecule has 0 saturated carbocycles. The first-order chi connectivity index (χ1) is 16.3. The number of halogens is 1. The lowest BCUT2D eigenvalue weighted by atomic mass is 10.1. The van der Waals surface area contributed by atoms with Crippen molar-refractivity contribution in [3.63, 3.8) is 0 Å². The molecule has 4 N–H and O–H groups in total. The number of aromatic hydroxyl groups is 2. The SMILES string of the molecule is COc1ccc(O)c(S(=O)(=O)NCCCNc2cc(-c3ccccc3O)nc3c(Br)cnn23)c1. The summed E-state index contributed by atoms with van der Waals surface area (Å²) in [6, 6.07) is 12.7. The number of ether oxygens (including phenoxy) is 1. The monoisotopic (exact) mass is 547 g/mol. The number of hydrogen-bond donors (Lipinski definition) is 4. The Bertz CT molecular complexity index is 1440. The number of para-hydroxylation sites is 1. The van der Waals surface area contributed by atoms with Crippen LogP contribution in [-0.4, -0.2) is 53.4 Å². The molecule has 0 bridgehead atoms. The minimum Gasteiger partial charge on any atom is -0.507 e. The third-order valence-electron chi connectivity index (χ3n) is 5.02. The van der Waals surface area contributed by atoms with Gasteiger partial charge in [0.05, 0.1) is 23.5 Å². The quantitative estimate of drug-likeness (QED) is 0.234. The van der Waals surface area contributed by atoms with Gasteiger partial charge < -0.3 is 20.3 Å². The number of sulfonamides is 1. The van der Waals surface area contributed by atoms with Crippen molar-refractivity contribution in [2.75, 3.05) is 25.5 Å². The van der Waals surface area contributed by atoms with Gasteiger partial charge in [-0.3, -0.25) is 0 Å². The Balaban J connectivity index is 1.46. The molecule has 34 heavy (non-hydrogen) atoms. The van der Waals surface area contributed by atoms with Gasteiger partial charge >= 0.3 is 0 Å². The molecule has 10 nitrogen and oxygen atoms in total. The number of rotatable bonds is 9. The lowest BCUT2D eigenvalue weighted by molar-refractivity contribution is 0.408. The lowest BCUT2D eigenvalue weighted by Gasteiger charge is -2.12. The Hall–Kier alpha value is -3.35. The predicted molar refractivity (Wildman–Crippen MR) is 131 cm³/mol. The van der Waals surface area contributed by atoms with Crippen molar-refractivity contribution in [1.29, 1.82) is 0 Å². The molecule has 0 unspecified atom stereocenters. The molecule has 4 rings (SSSR count). The van der Waals surface area contributed by atoms with Crippen LogP contribution in [0.1, 0.15) is 6.42 Å². The minimum absolute atomic E-state index is 0.108. The standard InChI is InChI=1S/C22H22BrN5O5S/c1-33-14-7-8-19(30)20(11-14)34(31,32)26-10-4-9-24-21-12-17(15-5-2-3-6-18(15)29)27-22-16(23)13-25-28(21)22/h2-3,5-8,11-13,24,26,29-30H,4,9-10H2,1H3. The number of nitrogens with zero attached hydrogens (tertiary/aromatic N) is 3. The fourth-order valence-electron chi connectivity index (χ4n) is 3.32. The van der Waals surface area contributed by atoms with Gasteiger partial charge in [0.25, 0.3) is 0 Å². The molecule has 0 spiro atoms. The number of phenols is 2. The summed E-state index contributed by atoms with van der Waals surface area (Å²) in [5, 5.41) is 27.7. The molecule has 178 valence electrons. The van der Waals surface area contributed by atoms with Crippen LogP contribution in [0.3, 0.4) is 0 Å². The zero-order valence-corrected chi connectivity index (χ0v) is 20.5. The van der Waals surface area contributed by atoms with Crippen molar-refractivity contribution in [2.45, 2.75) is 11.3 Å². The van der Waals surface area contributed by atoms with Gasteiger partial charge in [0.15, 0.2) is 5.65 Å². The molecule has 4 aromatic rings. The maximum Gasteiger partial charge on any atom is 0.244 e. The fraction of sp³-hybridized carbons (Fsp3) is 0.182. The highest BCUT2D eigenvalue weighted by Crippen LogP contribution is 2.31. The van der Waals surface area contributed by atoms with Crippen molar-refractivity contribution in [3.8, 4) is 28.5 Å². The smallest absolute Gasteiger partial charge is 0.244 e. The molecule has 0 saturated heterocycles. The first-order valence-corrected chi connectivity index (χ1v) is 12.5. The maximum atomic E-state index is 12.6. The first kappa shape index (κ1) is 23.8. The van der Waals surface area contributed by atoms with Crippen LogP contribution in [-0.2, 0) is 10.0 Å². The summed E-state index contributed by atoms with van der Waals surface area (Å²) in [5.41, 5.74) is 1.70. The number of aromatic nitrogens is 3. The number of hydrogen-bond acceptors (Lipinski definition) is 8. The Morgan fingerprint density at radius 3 is 2.65 bits per heavy atom. The van der Waals surface area contributed by atoms with Crippen LogP contribution in [0.15, 0.2) is 64.1 Å². The van der Waals surface area contributed by atoms with Gasteiger partial charge in [-0.05, 0) is 46.6 Å². The fourth-order valence-corrected chi connectivity index (χ4v) is 4.85. The van der Waals surface area contributed by atoms with Crippen molar-refractivity contribution in [3.05, 3.63) is 59.2 Å². The van der Waals surface area contributed by atoms with Crippen LogP contribution in [0.2, 0.25) is 0 Å². The molecule has 0 radical (unpaired) electrons. The van der Waals surface area contributed by atoms with Crippen molar-refractivity contribution >= 4 is 37.4 Å². The predicted octanol–water partition coefficient (Wildman–Crippen LogP) is 3.36. The summed E-state index contributed by atoms with van der Waals surface area (Å²) in [5.74, 6) is 0.706. The number of anilines is 1. The second kappa shape index (κ2) is 9.87. The summed E-state index contributed by atoms with van der Waals surface area (Å²) in [7, 11) is -2.50. The topological polar surface area (TPSA) is 138 Å². The average molecular weight is 548 g/mol. The van der Waals surface area contributed by atoms with E-state index in [4.69, 9.17) is 4.74 Å². The van der Waals surface area contributed by atoms with Crippen LogP contribution >= 0.6 is 15.9 Å². The molecule has 2 aromatic carbocycles. The van der Waals surface area contributed by atoms with Crippen molar-refractivity contribution < 1.29 is 23.4 Å². The van der Waals surface area contributed by atoms with E-state index < -0.39 is 10.0 Å². The van der Waals surface area contributed by atoms with Gasteiger partial charge in [-0.2, -0.15) is 9.61 Å². The summed E-state index contributed by atoms with van der Waals surface area (Å²) in [6.45, 7) is 0.554. The van der Waals surface area contributed by atoms with E-state index >= 15 is 0 Å². The summed E-state index contributed by atoms with van der Waals surface area (Å²) < 4.78 is 35.0.